The van der Waals surface area contributed by atoms with Gasteiger partial charge in [-0.15, -0.1) is 0 Å². The van der Waals surface area contributed by atoms with Crippen molar-refractivity contribution < 1.29 is 18.0 Å². The van der Waals surface area contributed by atoms with Crippen molar-refractivity contribution in [3.8, 4) is 0 Å². The Balaban J connectivity index is 2.30. The van der Waals surface area contributed by atoms with E-state index in [1.54, 1.807) is 6.07 Å². The number of likely N-dealkylation sites (tertiary alicyclic amines) is 1. The lowest BCUT2D eigenvalue weighted by Gasteiger charge is -2.44. The zero-order chi connectivity index (χ0) is 12.6. The van der Waals surface area contributed by atoms with E-state index in [1.165, 1.54) is 11.0 Å². The molecule has 3 nitrogen and oxygen atoms in total. The third kappa shape index (κ3) is 2.12. The molecule has 1 fully saturated rings. The first-order valence-electron chi connectivity index (χ1n) is 5.07. The van der Waals surface area contributed by atoms with E-state index in [4.69, 9.17) is 5.73 Å². The summed E-state index contributed by atoms with van der Waals surface area (Å²) in [5, 5.41) is 0. The Labute approximate surface area is 96.0 Å². The first-order chi connectivity index (χ1) is 7.93. The minimum absolute atomic E-state index is 0.302. The van der Waals surface area contributed by atoms with Crippen molar-refractivity contribution in [2.45, 2.75) is 18.3 Å². The van der Waals surface area contributed by atoms with Crippen LogP contribution in [-0.4, -0.2) is 23.9 Å². The Morgan fingerprint density at radius 1 is 1.41 bits per heavy atom. The van der Waals surface area contributed by atoms with Gasteiger partial charge >= 0.3 is 6.18 Å². The van der Waals surface area contributed by atoms with E-state index < -0.39 is 17.8 Å². The maximum Gasteiger partial charge on any atom is 0.416 e. The Morgan fingerprint density at radius 2 is 2.12 bits per heavy atom. The Kier molecular flexibility index (Phi) is 2.82. The quantitative estimate of drug-likeness (QED) is 0.802. The molecular weight excluding hydrogens is 233 g/mol. The Morgan fingerprint density at radius 3 is 2.65 bits per heavy atom. The van der Waals surface area contributed by atoms with Crippen LogP contribution in [0, 0.1) is 0 Å². The summed E-state index contributed by atoms with van der Waals surface area (Å²) in [6.07, 6.45) is -3.77. The summed E-state index contributed by atoms with van der Waals surface area (Å²) in [4.78, 5) is 12.0. The second kappa shape index (κ2) is 4.03. The Hall–Kier alpha value is -1.56. The van der Waals surface area contributed by atoms with Crippen molar-refractivity contribution in [1.82, 2.24) is 4.90 Å². The molecule has 1 aliphatic heterocycles. The fourth-order valence-corrected chi connectivity index (χ4v) is 2.01. The van der Waals surface area contributed by atoms with Crippen LogP contribution >= 0.6 is 0 Å². The highest BCUT2D eigenvalue weighted by Crippen LogP contribution is 2.35. The van der Waals surface area contributed by atoms with E-state index >= 15 is 0 Å². The van der Waals surface area contributed by atoms with Crippen LogP contribution in [0.1, 0.15) is 17.2 Å². The number of amides is 1. The van der Waals surface area contributed by atoms with Gasteiger partial charge in [0.2, 0.25) is 6.41 Å². The van der Waals surface area contributed by atoms with Gasteiger partial charge in [-0.3, -0.25) is 4.79 Å². The maximum atomic E-state index is 12.5. The lowest BCUT2D eigenvalue weighted by Crippen LogP contribution is -2.57. The van der Waals surface area contributed by atoms with E-state index in [-0.39, 0.29) is 6.04 Å². The molecule has 1 aliphatic rings. The fraction of sp³-hybridized carbons (Fsp3) is 0.364. The molecule has 2 N–H and O–H groups in total. The van der Waals surface area contributed by atoms with Gasteiger partial charge in [0.05, 0.1) is 11.6 Å². The topological polar surface area (TPSA) is 46.3 Å². The number of hydrogen-bond donors (Lipinski definition) is 1. The predicted molar refractivity (Wildman–Crippen MR) is 54.9 cm³/mol. The van der Waals surface area contributed by atoms with Gasteiger partial charge in [-0.25, -0.2) is 0 Å². The number of hydrogen-bond acceptors (Lipinski definition) is 2. The SMILES string of the molecule is NC1CN(C=O)C1c1cccc(C(F)(F)F)c1. The average Bonchev–Trinajstić information content (AvgIpc) is 2.24. The van der Waals surface area contributed by atoms with Gasteiger partial charge < -0.3 is 10.6 Å². The fourth-order valence-electron chi connectivity index (χ4n) is 2.01. The number of rotatable bonds is 2. The van der Waals surface area contributed by atoms with Crippen LogP contribution in [0.4, 0.5) is 13.2 Å². The second-order valence-corrected chi connectivity index (χ2v) is 4.03. The molecule has 1 aromatic rings. The summed E-state index contributed by atoms with van der Waals surface area (Å²) < 4.78 is 37.5. The van der Waals surface area contributed by atoms with Crippen LogP contribution in [0.2, 0.25) is 0 Å². The van der Waals surface area contributed by atoms with E-state index in [2.05, 4.69) is 0 Å². The summed E-state index contributed by atoms with van der Waals surface area (Å²) in [7, 11) is 0. The number of carbonyl (C=O) groups excluding carboxylic acids is 1. The van der Waals surface area contributed by atoms with Crippen LogP contribution in [-0.2, 0) is 11.0 Å². The minimum atomic E-state index is -4.38. The van der Waals surface area contributed by atoms with Crippen LogP contribution in [0.15, 0.2) is 24.3 Å². The van der Waals surface area contributed by atoms with Crippen molar-refractivity contribution in [1.29, 1.82) is 0 Å². The number of alkyl halides is 3. The third-order valence-electron chi connectivity index (χ3n) is 2.88. The molecule has 1 amide bonds. The van der Waals surface area contributed by atoms with Crippen molar-refractivity contribution in [2.75, 3.05) is 6.54 Å². The molecule has 0 aliphatic carbocycles. The number of halogens is 3. The van der Waals surface area contributed by atoms with Crippen molar-refractivity contribution in [3.63, 3.8) is 0 Å². The summed E-state index contributed by atoms with van der Waals surface area (Å²) in [5.74, 6) is 0. The van der Waals surface area contributed by atoms with Crippen molar-refractivity contribution in [2.24, 2.45) is 5.73 Å². The van der Waals surface area contributed by atoms with Crippen LogP contribution in [0.5, 0.6) is 0 Å². The number of nitrogens with two attached hydrogens (primary N) is 1. The van der Waals surface area contributed by atoms with Gasteiger partial charge in [0, 0.05) is 12.6 Å². The highest BCUT2D eigenvalue weighted by atomic mass is 19.4. The minimum Gasteiger partial charge on any atom is -0.335 e. The van der Waals surface area contributed by atoms with Crippen LogP contribution in [0.25, 0.3) is 0 Å². The van der Waals surface area contributed by atoms with Gasteiger partial charge in [0.25, 0.3) is 0 Å². The Bertz CT molecular complexity index is 433. The van der Waals surface area contributed by atoms with Crippen molar-refractivity contribution >= 4 is 6.41 Å². The largest absolute Gasteiger partial charge is 0.416 e. The van der Waals surface area contributed by atoms with Gasteiger partial charge in [0.1, 0.15) is 0 Å². The zero-order valence-corrected chi connectivity index (χ0v) is 8.82. The molecule has 2 atom stereocenters. The molecule has 2 rings (SSSR count). The molecule has 1 heterocycles. The molecule has 2 unspecified atom stereocenters. The molecule has 0 spiro atoms. The van der Waals surface area contributed by atoms with Crippen molar-refractivity contribution in [3.05, 3.63) is 35.4 Å². The summed E-state index contributed by atoms with van der Waals surface area (Å²) in [6.45, 7) is 0.379. The summed E-state index contributed by atoms with van der Waals surface area (Å²) in [5.41, 5.74) is 5.40. The first kappa shape index (κ1) is 11.9. The summed E-state index contributed by atoms with van der Waals surface area (Å²) >= 11 is 0. The molecule has 1 saturated heterocycles. The van der Waals surface area contributed by atoms with E-state index in [1.807, 2.05) is 0 Å². The lowest BCUT2D eigenvalue weighted by molar-refractivity contribution is -0.137. The predicted octanol–water partition coefficient (Wildman–Crippen LogP) is 1.55. The van der Waals surface area contributed by atoms with Crippen LogP contribution in [0.3, 0.4) is 0 Å². The standard InChI is InChI=1S/C11H11F3N2O/c12-11(13,14)8-3-1-2-7(4-8)10-9(15)5-16(10)6-17/h1-4,6,9-10H,5,15H2. The molecule has 0 bridgehead atoms. The lowest BCUT2D eigenvalue weighted by atomic mass is 9.90. The van der Waals surface area contributed by atoms with Crippen LogP contribution < -0.4 is 5.73 Å². The molecule has 0 radical (unpaired) electrons. The highest BCUT2D eigenvalue weighted by molar-refractivity contribution is 5.52. The number of nitrogens with zero attached hydrogens (tertiary/aromatic N) is 1. The third-order valence-corrected chi connectivity index (χ3v) is 2.88. The molecule has 92 valence electrons. The summed E-state index contributed by atoms with van der Waals surface area (Å²) in [6, 6.07) is 4.17. The van der Waals surface area contributed by atoms with Gasteiger partial charge in [-0.2, -0.15) is 13.2 Å². The molecule has 0 aromatic heterocycles. The first-order valence-corrected chi connectivity index (χ1v) is 5.07. The maximum absolute atomic E-state index is 12.5. The van der Waals surface area contributed by atoms with E-state index in [9.17, 15) is 18.0 Å². The monoisotopic (exact) mass is 244 g/mol. The molecular formula is C11H11F3N2O. The normalized spacial score (nSPS) is 24.4. The molecule has 0 saturated carbocycles. The zero-order valence-electron chi connectivity index (χ0n) is 8.82. The van der Waals surface area contributed by atoms with Gasteiger partial charge in [0.15, 0.2) is 0 Å². The van der Waals surface area contributed by atoms with Gasteiger partial charge in [-0.1, -0.05) is 12.1 Å². The molecule has 1 aromatic carbocycles. The van der Waals surface area contributed by atoms with Gasteiger partial charge in [-0.05, 0) is 17.7 Å². The molecule has 6 heteroatoms. The second-order valence-electron chi connectivity index (χ2n) is 4.03. The van der Waals surface area contributed by atoms with E-state index in [0.29, 0.717) is 18.5 Å². The highest BCUT2D eigenvalue weighted by Gasteiger charge is 2.38. The smallest absolute Gasteiger partial charge is 0.335 e. The number of carbonyl (C=O) groups is 1. The average molecular weight is 244 g/mol. The van der Waals surface area contributed by atoms with E-state index in [0.717, 1.165) is 12.1 Å². The molecule has 17 heavy (non-hydrogen) atoms. The number of benzene rings is 1.